The first kappa shape index (κ1) is 30.4. The SMILES string of the molecule is CCCCCCCCCCCCCCCCCN1C=CN(CCCCCCCCC)C1CC. The van der Waals surface area contributed by atoms with Crippen LogP contribution >= 0.6 is 0 Å². The Balaban J connectivity index is 1.91. The first-order valence-electron chi connectivity index (χ1n) is 15.5. The average molecular weight is 463 g/mol. The van der Waals surface area contributed by atoms with Gasteiger partial charge in [0.05, 0.1) is 0 Å². The molecule has 1 aliphatic heterocycles. The van der Waals surface area contributed by atoms with Crippen molar-refractivity contribution in [3.63, 3.8) is 0 Å². The third kappa shape index (κ3) is 16.6. The number of hydrogen-bond donors (Lipinski definition) is 0. The number of unbranched alkanes of at least 4 members (excludes halogenated alkanes) is 20. The molecular weight excluding hydrogens is 400 g/mol. The van der Waals surface area contributed by atoms with Gasteiger partial charge in [-0.2, -0.15) is 0 Å². The Morgan fingerprint density at radius 2 is 0.667 bits per heavy atom. The van der Waals surface area contributed by atoms with Gasteiger partial charge in [0.15, 0.2) is 0 Å². The van der Waals surface area contributed by atoms with Crippen molar-refractivity contribution in [2.45, 2.75) is 175 Å². The van der Waals surface area contributed by atoms with Crippen LogP contribution in [0.2, 0.25) is 0 Å². The Kier molecular flexibility index (Phi) is 21.3. The molecule has 0 radical (unpaired) electrons. The normalized spacial score (nSPS) is 15.8. The van der Waals surface area contributed by atoms with Crippen molar-refractivity contribution in [3.05, 3.63) is 12.4 Å². The molecule has 196 valence electrons. The largest absolute Gasteiger partial charge is 0.356 e. The lowest BCUT2D eigenvalue weighted by molar-refractivity contribution is 0.144. The number of nitrogens with zero attached hydrogens (tertiary/aromatic N) is 2. The maximum Gasteiger partial charge on any atom is 0.100 e. The van der Waals surface area contributed by atoms with Crippen LogP contribution in [0.3, 0.4) is 0 Å². The van der Waals surface area contributed by atoms with Gasteiger partial charge in [-0.1, -0.05) is 149 Å². The summed E-state index contributed by atoms with van der Waals surface area (Å²) in [6, 6.07) is 0. The van der Waals surface area contributed by atoms with E-state index >= 15 is 0 Å². The monoisotopic (exact) mass is 462 g/mol. The predicted molar refractivity (Wildman–Crippen MR) is 150 cm³/mol. The van der Waals surface area contributed by atoms with E-state index in [2.05, 4.69) is 43.0 Å². The fraction of sp³-hybridized carbons (Fsp3) is 0.935. The highest BCUT2D eigenvalue weighted by molar-refractivity contribution is 4.96. The van der Waals surface area contributed by atoms with Gasteiger partial charge in [0, 0.05) is 25.5 Å². The average Bonchev–Trinajstić information content (AvgIpc) is 3.22. The molecule has 1 aliphatic rings. The van der Waals surface area contributed by atoms with Gasteiger partial charge in [-0.15, -0.1) is 0 Å². The summed E-state index contributed by atoms with van der Waals surface area (Å²) in [5.41, 5.74) is 0. The van der Waals surface area contributed by atoms with Crippen molar-refractivity contribution >= 4 is 0 Å². The Labute approximate surface area is 210 Å². The first-order valence-corrected chi connectivity index (χ1v) is 15.5. The Hall–Kier alpha value is -0.660. The topological polar surface area (TPSA) is 6.48 Å². The van der Waals surface area contributed by atoms with Gasteiger partial charge in [0.25, 0.3) is 0 Å². The molecule has 0 saturated heterocycles. The van der Waals surface area contributed by atoms with E-state index in [-0.39, 0.29) is 0 Å². The van der Waals surface area contributed by atoms with Crippen LogP contribution in [0.1, 0.15) is 168 Å². The van der Waals surface area contributed by atoms with Crippen LogP contribution in [0.5, 0.6) is 0 Å². The standard InChI is InChI=1S/C31H62N2/c1-4-7-9-11-13-14-15-16-17-18-19-20-22-24-26-28-33-30-29-32(31(33)6-3)27-25-23-21-12-10-8-5-2/h29-31H,4-28H2,1-3H3. The van der Waals surface area contributed by atoms with Crippen molar-refractivity contribution < 1.29 is 0 Å². The van der Waals surface area contributed by atoms with E-state index in [4.69, 9.17) is 0 Å². The van der Waals surface area contributed by atoms with Gasteiger partial charge in [0.2, 0.25) is 0 Å². The van der Waals surface area contributed by atoms with Crippen molar-refractivity contribution in [2.24, 2.45) is 0 Å². The maximum absolute atomic E-state index is 2.61. The van der Waals surface area contributed by atoms with Gasteiger partial charge in [-0.3, -0.25) is 0 Å². The van der Waals surface area contributed by atoms with Gasteiger partial charge in [-0.25, -0.2) is 0 Å². The quantitative estimate of drug-likeness (QED) is 0.124. The molecule has 1 unspecified atom stereocenters. The molecule has 0 aromatic heterocycles. The molecule has 0 spiro atoms. The highest BCUT2D eigenvalue weighted by atomic mass is 15.4. The van der Waals surface area contributed by atoms with Gasteiger partial charge < -0.3 is 9.80 Å². The Bertz CT molecular complexity index is 419. The van der Waals surface area contributed by atoms with Crippen molar-refractivity contribution in [2.75, 3.05) is 13.1 Å². The lowest BCUT2D eigenvalue weighted by Crippen LogP contribution is -2.38. The van der Waals surface area contributed by atoms with Crippen molar-refractivity contribution in [1.29, 1.82) is 0 Å². The van der Waals surface area contributed by atoms with Gasteiger partial charge in [0.1, 0.15) is 6.17 Å². The van der Waals surface area contributed by atoms with Gasteiger partial charge >= 0.3 is 0 Å². The highest BCUT2D eigenvalue weighted by Gasteiger charge is 2.23. The van der Waals surface area contributed by atoms with Crippen LogP contribution in [-0.4, -0.2) is 29.1 Å². The molecule has 1 atom stereocenters. The molecule has 0 fully saturated rings. The van der Waals surface area contributed by atoms with Gasteiger partial charge in [-0.05, 0) is 19.3 Å². The summed E-state index contributed by atoms with van der Waals surface area (Å²) in [5.74, 6) is 0. The maximum atomic E-state index is 2.61. The molecule has 0 amide bonds. The highest BCUT2D eigenvalue weighted by Crippen LogP contribution is 2.21. The summed E-state index contributed by atoms with van der Waals surface area (Å²) in [7, 11) is 0. The second kappa shape index (κ2) is 23.1. The Morgan fingerprint density at radius 1 is 0.394 bits per heavy atom. The smallest absolute Gasteiger partial charge is 0.100 e. The molecule has 0 saturated carbocycles. The zero-order valence-corrected chi connectivity index (χ0v) is 23.3. The van der Waals surface area contributed by atoms with Crippen LogP contribution in [0, 0.1) is 0 Å². The summed E-state index contributed by atoms with van der Waals surface area (Å²) in [4.78, 5) is 5.22. The van der Waals surface area contributed by atoms with E-state index in [1.165, 1.54) is 161 Å². The lowest BCUT2D eigenvalue weighted by Gasteiger charge is -2.32. The summed E-state index contributed by atoms with van der Waals surface area (Å²) in [5, 5.41) is 0. The lowest BCUT2D eigenvalue weighted by atomic mass is 10.0. The molecule has 0 aliphatic carbocycles. The van der Waals surface area contributed by atoms with Crippen LogP contribution in [-0.2, 0) is 0 Å². The van der Waals surface area contributed by atoms with E-state index < -0.39 is 0 Å². The van der Waals surface area contributed by atoms with E-state index in [9.17, 15) is 0 Å². The predicted octanol–water partition coefficient (Wildman–Crippen LogP) is 10.4. The number of hydrogen-bond acceptors (Lipinski definition) is 2. The third-order valence-electron chi connectivity index (χ3n) is 7.62. The van der Waals surface area contributed by atoms with Crippen LogP contribution in [0.25, 0.3) is 0 Å². The molecule has 33 heavy (non-hydrogen) atoms. The van der Waals surface area contributed by atoms with E-state index in [1.54, 1.807) is 0 Å². The molecule has 2 nitrogen and oxygen atoms in total. The fourth-order valence-electron chi connectivity index (χ4n) is 5.39. The zero-order chi connectivity index (χ0) is 23.8. The van der Waals surface area contributed by atoms with Crippen LogP contribution < -0.4 is 0 Å². The fourth-order valence-corrected chi connectivity index (χ4v) is 5.39. The zero-order valence-electron chi connectivity index (χ0n) is 23.3. The van der Waals surface area contributed by atoms with Crippen LogP contribution in [0.15, 0.2) is 12.4 Å². The molecule has 2 heteroatoms. The third-order valence-corrected chi connectivity index (χ3v) is 7.62. The summed E-state index contributed by atoms with van der Waals surface area (Å²) >= 11 is 0. The molecule has 0 aromatic rings. The molecular formula is C31H62N2. The summed E-state index contributed by atoms with van der Waals surface area (Å²) in [6.45, 7) is 9.46. The second-order valence-electron chi connectivity index (χ2n) is 10.7. The molecule has 0 bridgehead atoms. The molecule has 0 N–H and O–H groups in total. The number of rotatable bonds is 25. The first-order chi connectivity index (χ1) is 16.3. The van der Waals surface area contributed by atoms with E-state index in [0.717, 1.165) is 0 Å². The second-order valence-corrected chi connectivity index (χ2v) is 10.7. The van der Waals surface area contributed by atoms with Crippen molar-refractivity contribution in [3.8, 4) is 0 Å². The minimum Gasteiger partial charge on any atom is -0.356 e. The van der Waals surface area contributed by atoms with Crippen LogP contribution in [0.4, 0.5) is 0 Å². The Morgan fingerprint density at radius 3 is 0.939 bits per heavy atom. The molecule has 1 heterocycles. The minimum absolute atomic E-state index is 0.622. The molecule has 1 rings (SSSR count). The van der Waals surface area contributed by atoms with E-state index in [1.807, 2.05) is 0 Å². The van der Waals surface area contributed by atoms with Crippen molar-refractivity contribution in [1.82, 2.24) is 9.80 Å². The molecule has 0 aromatic carbocycles. The van der Waals surface area contributed by atoms with E-state index in [0.29, 0.717) is 6.17 Å². The minimum atomic E-state index is 0.622. The summed E-state index contributed by atoms with van der Waals surface area (Å²) < 4.78 is 0. The summed E-state index contributed by atoms with van der Waals surface area (Å²) in [6.07, 6.45) is 38.2.